The Balaban J connectivity index is 1.84. The highest BCUT2D eigenvalue weighted by Crippen LogP contribution is 2.25. The summed E-state index contributed by atoms with van der Waals surface area (Å²) in [5.41, 5.74) is 0. The standard InChI is InChI=1S/C14H23F3N6O/c1-9(2)19-12(24)10(3)22-4-6-23(7-5-22)13-18-8-11(20-21-13)14(15,16)17/h9-11H,4-8H2,1-3H3,(H,19,24)/t10-,11?/m0/s1. The molecule has 24 heavy (non-hydrogen) atoms. The lowest BCUT2D eigenvalue weighted by Crippen LogP contribution is -2.55. The van der Waals surface area contributed by atoms with Crippen molar-refractivity contribution in [1.82, 2.24) is 15.1 Å². The molecular weight excluding hydrogens is 325 g/mol. The van der Waals surface area contributed by atoms with Gasteiger partial charge in [0, 0.05) is 32.2 Å². The van der Waals surface area contributed by atoms with Crippen LogP contribution in [0.2, 0.25) is 0 Å². The maximum absolute atomic E-state index is 12.5. The van der Waals surface area contributed by atoms with Gasteiger partial charge in [0.25, 0.3) is 0 Å². The molecule has 2 aliphatic rings. The minimum Gasteiger partial charge on any atom is -0.353 e. The highest BCUT2D eigenvalue weighted by Gasteiger charge is 2.41. The third kappa shape index (κ3) is 4.65. The van der Waals surface area contributed by atoms with Crippen LogP contribution in [-0.4, -0.2) is 78.7 Å². The maximum atomic E-state index is 12.5. The first kappa shape index (κ1) is 18.6. The second-order valence-electron chi connectivity index (χ2n) is 6.28. The number of azo groups is 1. The lowest BCUT2D eigenvalue weighted by Gasteiger charge is -2.38. The highest BCUT2D eigenvalue weighted by molar-refractivity contribution is 5.82. The molecular formula is C14H23F3N6O. The molecule has 2 atom stereocenters. The lowest BCUT2D eigenvalue weighted by atomic mass is 10.2. The molecule has 2 aliphatic heterocycles. The smallest absolute Gasteiger partial charge is 0.353 e. The fourth-order valence-electron chi connectivity index (χ4n) is 2.57. The number of hydrogen-bond acceptors (Lipinski definition) is 6. The summed E-state index contributed by atoms with van der Waals surface area (Å²) < 4.78 is 37.6. The van der Waals surface area contributed by atoms with E-state index in [-0.39, 0.29) is 24.0 Å². The number of hydrogen-bond donors (Lipinski definition) is 1. The molecule has 1 unspecified atom stereocenters. The van der Waals surface area contributed by atoms with Crippen molar-refractivity contribution in [2.24, 2.45) is 15.2 Å². The van der Waals surface area contributed by atoms with Crippen LogP contribution < -0.4 is 5.32 Å². The van der Waals surface area contributed by atoms with E-state index in [1.807, 2.05) is 25.7 Å². The van der Waals surface area contributed by atoms with Crippen LogP contribution in [0.5, 0.6) is 0 Å². The summed E-state index contributed by atoms with van der Waals surface area (Å²) in [5.74, 6) is 0.218. The molecule has 0 aromatic carbocycles. The van der Waals surface area contributed by atoms with E-state index < -0.39 is 18.8 Å². The minimum atomic E-state index is -4.41. The van der Waals surface area contributed by atoms with E-state index in [1.54, 1.807) is 4.90 Å². The van der Waals surface area contributed by atoms with Crippen molar-refractivity contribution in [2.45, 2.75) is 45.1 Å². The van der Waals surface area contributed by atoms with Crippen LogP contribution in [-0.2, 0) is 4.79 Å². The summed E-state index contributed by atoms with van der Waals surface area (Å²) >= 11 is 0. The van der Waals surface area contributed by atoms with Gasteiger partial charge in [-0.1, -0.05) is 0 Å². The number of halogens is 3. The van der Waals surface area contributed by atoms with Gasteiger partial charge in [0.05, 0.1) is 12.6 Å². The maximum Gasteiger partial charge on any atom is 0.414 e. The summed E-state index contributed by atoms with van der Waals surface area (Å²) in [6.45, 7) is 7.57. The Hall–Kier alpha value is -1.71. The quantitative estimate of drug-likeness (QED) is 0.835. The van der Waals surface area contributed by atoms with Gasteiger partial charge in [-0.05, 0) is 20.8 Å². The van der Waals surface area contributed by atoms with Crippen LogP contribution in [0.15, 0.2) is 15.2 Å². The third-order valence-electron chi connectivity index (χ3n) is 4.03. The predicted octanol–water partition coefficient (Wildman–Crippen LogP) is 1.27. The van der Waals surface area contributed by atoms with E-state index in [1.165, 1.54) is 0 Å². The molecule has 2 rings (SSSR count). The number of guanidine groups is 1. The number of carbonyl (C=O) groups is 1. The molecule has 0 bridgehead atoms. The van der Waals surface area contributed by atoms with Crippen molar-refractivity contribution < 1.29 is 18.0 Å². The molecule has 0 saturated carbocycles. The van der Waals surface area contributed by atoms with E-state index >= 15 is 0 Å². The molecule has 136 valence electrons. The van der Waals surface area contributed by atoms with Crippen molar-refractivity contribution in [2.75, 3.05) is 32.7 Å². The van der Waals surface area contributed by atoms with Crippen LogP contribution in [0.4, 0.5) is 13.2 Å². The molecule has 0 aromatic heterocycles. The molecule has 0 spiro atoms. The molecule has 2 heterocycles. The van der Waals surface area contributed by atoms with E-state index in [0.717, 1.165) is 0 Å². The summed E-state index contributed by atoms with van der Waals surface area (Å²) in [7, 11) is 0. The first-order chi connectivity index (χ1) is 11.2. The number of nitrogens with one attached hydrogen (secondary N) is 1. The van der Waals surface area contributed by atoms with E-state index in [4.69, 9.17) is 0 Å². The SMILES string of the molecule is CC(C)NC(=O)[C@H](C)N1CCN(C2=NCC(C(F)(F)F)N=N2)CC1. The highest BCUT2D eigenvalue weighted by atomic mass is 19.4. The molecule has 7 nitrogen and oxygen atoms in total. The Kier molecular flexibility index (Phi) is 5.79. The number of piperazine rings is 1. The topological polar surface area (TPSA) is 72.7 Å². The van der Waals surface area contributed by atoms with Gasteiger partial charge in [-0.25, -0.2) is 4.99 Å². The largest absolute Gasteiger partial charge is 0.414 e. The number of rotatable bonds is 3. The number of amides is 1. The minimum absolute atomic E-state index is 0.0267. The third-order valence-corrected chi connectivity index (χ3v) is 4.03. The van der Waals surface area contributed by atoms with Crippen molar-refractivity contribution in [3.63, 3.8) is 0 Å². The number of alkyl halides is 3. The van der Waals surface area contributed by atoms with Crippen LogP contribution in [0.1, 0.15) is 20.8 Å². The van der Waals surface area contributed by atoms with E-state index in [2.05, 4.69) is 20.5 Å². The zero-order valence-corrected chi connectivity index (χ0v) is 14.0. The summed E-state index contributed by atoms with van der Waals surface area (Å²) in [4.78, 5) is 19.8. The molecule has 1 saturated heterocycles. The summed E-state index contributed by atoms with van der Waals surface area (Å²) in [5, 5.41) is 9.83. The van der Waals surface area contributed by atoms with Gasteiger partial charge in [-0.15, -0.1) is 5.11 Å². The zero-order valence-electron chi connectivity index (χ0n) is 14.0. The Morgan fingerprint density at radius 1 is 1.21 bits per heavy atom. The fourth-order valence-corrected chi connectivity index (χ4v) is 2.57. The lowest BCUT2D eigenvalue weighted by molar-refractivity contribution is -0.146. The van der Waals surface area contributed by atoms with Crippen LogP contribution >= 0.6 is 0 Å². The van der Waals surface area contributed by atoms with E-state index in [9.17, 15) is 18.0 Å². The average molecular weight is 348 g/mol. The van der Waals surface area contributed by atoms with Gasteiger partial charge in [0.1, 0.15) is 0 Å². The van der Waals surface area contributed by atoms with Crippen LogP contribution in [0, 0.1) is 0 Å². The van der Waals surface area contributed by atoms with Crippen molar-refractivity contribution in [3.8, 4) is 0 Å². The van der Waals surface area contributed by atoms with Gasteiger partial charge in [-0.2, -0.15) is 18.3 Å². The molecule has 1 amide bonds. The van der Waals surface area contributed by atoms with Crippen molar-refractivity contribution in [1.29, 1.82) is 0 Å². The summed E-state index contributed by atoms with van der Waals surface area (Å²) in [6, 6.07) is -2.01. The number of aliphatic imine (C=N–C) groups is 1. The molecule has 0 aliphatic carbocycles. The Bertz CT molecular complexity index is 511. The molecule has 0 radical (unpaired) electrons. The fraction of sp³-hybridized carbons (Fsp3) is 0.857. The first-order valence-electron chi connectivity index (χ1n) is 8.00. The molecule has 10 heteroatoms. The van der Waals surface area contributed by atoms with Gasteiger partial charge in [0.15, 0.2) is 6.04 Å². The average Bonchev–Trinajstić information content (AvgIpc) is 2.53. The van der Waals surface area contributed by atoms with Crippen LogP contribution in [0.3, 0.4) is 0 Å². The second kappa shape index (κ2) is 7.45. The summed E-state index contributed by atoms with van der Waals surface area (Å²) in [6.07, 6.45) is -4.41. The Labute approximate surface area is 139 Å². The van der Waals surface area contributed by atoms with Crippen LogP contribution in [0.25, 0.3) is 0 Å². The molecule has 1 N–H and O–H groups in total. The van der Waals surface area contributed by atoms with Crippen molar-refractivity contribution >= 4 is 11.9 Å². The first-order valence-corrected chi connectivity index (χ1v) is 8.00. The number of nitrogens with zero attached hydrogens (tertiary/aromatic N) is 5. The molecule has 0 aromatic rings. The van der Waals surface area contributed by atoms with Crippen molar-refractivity contribution in [3.05, 3.63) is 0 Å². The molecule has 1 fully saturated rings. The Morgan fingerprint density at radius 2 is 1.83 bits per heavy atom. The monoisotopic (exact) mass is 348 g/mol. The van der Waals surface area contributed by atoms with Gasteiger partial charge >= 0.3 is 6.18 Å². The zero-order chi connectivity index (χ0) is 17.9. The van der Waals surface area contributed by atoms with E-state index in [0.29, 0.717) is 26.2 Å². The van der Waals surface area contributed by atoms with Gasteiger partial charge < -0.3 is 10.2 Å². The van der Waals surface area contributed by atoms with Gasteiger partial charge in [-0.3, -0.25) is 9.69 Å². The Morgan fingerprint density at radius 3 is 2.29 bits per heavy atom. The van der Waals surface area contributed by atoms with Gasteiger partial charge in [0.2, 0.25) is 11.9 Å². The predicted molar refractivity (Wildman–Crippen MR) is 82.9 cm³/mol. The normalized spacial score (nSPS) is 24.0. The number of carbonyl (C=O) groups excluding carboxylic acids is 1. The second-order valence-corrected chi connectivity index (χ2v) is 6.28.